The molecular weight excluding hydrogens is 344 g/mol. The zero-order valence-corrected chi connectivity index (χ0v) is 17.3. The molecule has 0 unspecified atom stereocenters. The van der Waals surface area contributed by atoms with Crippen molar-refractivity contribution in [3.63, 3.8) is 0 Å². The molecule has 1 aromatic carbocycles. The van der Waals surface area contributed by atoms with E-state index in [1.165, 1.54) is 4.90 Å². The van der Waals surface area contributed by atoms with Gasteiger partial charge in [-0.05, 0) is 45.4 Å². The van der Waals surface area contributed by atoms with E-state index in [0.29, 0.717) is 6.54 Å². The standard InChI is InChI=1S/C20H32N4O3/c1-7-8-21-17(25)12-24(6)19(27)13-23(5)11-18(26)22-20-15(3)9-14(2)10-16(20)4/h9-10H,7-8,11-13H2,1-6H3,(H,21,25)(H,22,26). The molecule has 0 aliphatic rings. The minimum Gasteiger partial charge on any atom is -0.355 e. The Morgan fingerprint density at radius 3 is 2.07 bits per heavy atom. The third-order valence-corrected chi connectivity index (χ3v) is 4.14. The summed E-state index contributed by atoms with van der Waals surface area (Å²) < 4.78 is 0. The Labute approximate surface area is 162 Å². The lowest BCUT2D eigenvalue weighted by atomic mass is 10.1. The predicted octanol–water partition coefficient (Wildman–Crippen LogP) is 1.47. The lowest BCUT2D eigenvalue weighted by Crippen LogP contribution is -2.43. The number of benzene rings is 1. The molecule has 0 heterocycles. The zero-order valence-electron chi connectivity index (χ0n) is 17.3. The van der Waals surface area contributed by atoms with Crippen LogP contribution in [0.5, 0.6) is 0 Å². The SMILES string of the molecule is CCCNC(=O)CN(C)C(=O)CN(C)CC(=O)Nc1c(C)cc(C)cc1C. The van der Waals surface area contributed by atoms with Gasteiger partial charge >= 0.3 is 0 Å². The maximum atomic E-state index is 12.3. The molecule has 0 atom stereocenters. The van der Waals surface area contributed by atoms with Crippen LogP contribution >= 0.6 is 0 Å². The Morgan fingerprint density at radius 1 is 0.926 bits per heavy atom. The van der Waals surface area contributed by atoms with Crippen molar-refractivity contribution in [3.8, 4) is 0 Å². The Hall–Kier alpha value is -2.41. The van der Waals surface area contributed by atoms with Crippen LogP contribution in [-0.4, -0.2) is 67.8 Å². The fourth-order valence-corrected chi connectivity index (χ4v) is 2.83. The minimum absolute atomic E-state index is 0.0145. The highest BCUT2D eigenvalue weighted by Gasteiger charge is 2.17. The molecule has 3 amide bonds. The van der Waals surface area contributed by atoms with Gasteiger partial charge in [-0.1, -0.05) is 24.6 Å². The number of aryl methyl sites for hydroxylation is 3. The summed E-state index contributed by atoms with van der Waals surface area (Å²) in [5.41, 5.74) is 3.99. The van der Waals surface area contributed by atoms with Crippen LogP contribution < -0.4 is 10.6 Å². The van der Waals surface area contributed by atoms with Crippen molar-refractivity contribution in [1.82, 2.24) is 15.1 Å². The third-order valence-electron chi connectivity index (χ3n) is 4.14. The summed E-state index contributed by atoms with van der Waals surface area (Å²) in [7, 11) is 3.29. The van der Waals surface area contributed by atoms with Crippen molar-refractivity contribution in [2.75, 3.05) is 45.6 Å². The Balaban J connectivity index is 2.51. The molecule has 7 heteroatoms. The lowest BCUT2D eigenvalue weighted by molar-refractivity contribution is -0.135. The van der Waals surface area contributed by atoms with Crippen molar-refractivity contribution in [3.05, 3.63) is 28.8 Å². The van der Waals surface area contributed by atoms with Crippen LogP contribution in [0.15, 0.2) is 12.1 Å². The third kappa shape index (κ3) is 7.78. The highest BCUT2D eigenvalue weighted by molar-refractivity contribution is 5.94. The first kappa shape index (κ1) is 22.6. The van der Waals surface area contributed by atoms with Crippen molar-refractivity contribution >= 4 is 23.4 Å². The number of rotatable bonds is 9. The van der Waals surface area contributed by atoms with Crippen LogP contribution in [0.4, 0.5) is 5.69 Å². The highest BCUT2D eigenvalue weighted by atomic mass is 16.2. The Kier molecular flexibility index (Phi) is 8.94. The van der Waals surface area contributed by atoms with Gasteiger partial charge in [-0.15, -0.1) is 0 Å². The van der Waals surface area contributed by atoms with Crippen molar-refractivity contribution in [1.29, 1.82) is 0 Å². The van der Waals surface area contributed by atoms with Crippen LogP contribution in [0.2, 0.25) is 0 Å². The molecule has 7 nitrogen and oxygen atoms in total. The molecule has 0 aromatic heterocycles. The number of carbonyl (C=O) groups excluding carboxylic acids is 3. The second-order valence-electron chi connectivity index (χ2n) is 7.09. The van der Waals surface area contributed by atoms with Crippen LogP contribution in [-0.2, 0) is 14.4 Å². The van der Waals surface area contributed by atoms with Crippen molar-refractivity contribution < 1.29 is 14.4 Å². The maximum Gasteiger partial charge on any atom is 0.239 e. The topological polar surface area (TPSA) is 81.8 Å². The summed E-state index contributed by atoms with van der Waals surface area (Å²) in [6.07, 6.45) is 0.848. The average Bonchev–Trinajstić information content (AvgIpc) is 2.55. The van der Waals surface area contributed by atoms with Gasteiger partial charge in [0.25, 0.3) is 0 Å². The maximum absolute atomic E-state index is 12.3. The van der Waals surface area contributed by atoms with E-state index < -0.39 is 0 Å². The van der Waals surface area contributed by atoms with E-state index in [1.54, 1.807) is 19.0 Å². The molecule has 150 valence electrons. The molecule has 27 heavy (non-hydrogen) atoms. The van der Waals surface area contributed by atoms with E-state index >= 15 is 0 Å². The zero-order chi connectivity index (χ0) is 20.6. The summed E-state index contributed by atoms with van der Waals surface area (Å²) in [4.78, 5) is 39.2. The quantitative estimate of drug-likeness (QED) is 0.684. The smallest absolute Gasteiger partial charge is 0.239 e. The van der Waals surface area contributed by atoms with Gasteiger partial charge in [0.15, 0.2) is 0 Å². The summed E-state index contributed by atoms with van der Waals surface area (Å²) in [6, 6.07) is 4.04. The fourth-order valence-electron chi connectivity index (χ4n) is 2.83. The van der Waals surface area contributed by atoms with Gasteiger partial charge in [-0.25, -0.2) is 0 Å². The van der Waals surface area contributed by atoms with Crippen LogP contribution in [0, 0.1) is 20.8 Å². The number of anilines is 1. The highest BCUT2D eigenvalue weighted by Crippen LogP contribution is 2.21. The predicted molar refractivity (Wildman–Crippen MR) is 108 cm³/mol. The van der Waals surface area contributed by atoms with Crippen LogP contribution in [0.25, 0.3) is 0 Å². The van der Waals surface area contributed by atoms with Crippen molar-refractivity contribution in [2.45, 2.75) is 34.1 Å². The molecule has 1 aromatic rings. The van der Waals surface area contributed by atoms with Gasteiger partial charge in [0.1, 0.15) is 0 Å². The summed E-state index contributed by atoms with van der Waals surface area (Å²) in [5, 5.41) is 5.66. The van der Waals surface area contributed by atoms with Crippen LogP contribution in [0.1, 0.15) is 30.0 Å². The normalized spacial score (nSPS) is 10.6. The van der Waals surface area contributed by atoms with Gasteiger partial charge in [0.05, 0.1) is 19.6 Å². The van der Waals surface area contributed by atoms with Gasteiger partial charge in [-0.2, -0.15) is 0 Å². The second-order valence-corrected chi connectivity index (χ2v) is 7.09. The molecule has 0 saturated carbocycles. The van der Waals surface area contributed by atoms with Crippen LogP contribution in [0.3, 0.4) is 0 Å². The van der Waals surface area contributed by atoms with Gasteiger partial charge in [0.2, 0.25) is 17.7 Å². The molecule has 0 saturated heterocycles. The van der Waals surface area contributed by atoms with E-state index in [-0.39, 0.29) is 37.4 Å². The first-order valence-corrected chi connectivity index (χ1v) is 9.21. The monoisotopic (exact) mass is 376 g/mol. The minimum atomic E-state index is -0.209. The van der Waals surface area contributed by atoms with E-state index in [2.05, 4.69) is 10.6 Å². The van der Waals surface area contributed by atoms with Gasteiger partial charge in [-0.3, -0.25) is 19.3 Å². The second kappa shape index (κ2) is 10.7. The van der Waals surface area contributed by atoms with Gasteiger partial charge in [0, 0.05) is 19.3 Å². The lowest BCUT2D eigenvalue weighted by Gasteiger charge is -2.21. The number of hydrogen-bond donors (Lipinski definition) is 2. The van der Waals surface area contributed by atoms with Gasteiger partial charge < -0.3 is 15.5 Å². The number of likely N-dealkylation sites (N-methyl/N-ethyl adjacent to an activating group) is 2. The molecule has 0 bridgehead atoms. The summed E-state index contributed by atoms with van der Waals surface area (Å²) in [5.74, 6) is -0.568. The summed E-state index contributed by atoms with van der Waals surface area (Å²) >= 11 is 0. The molecule has 0 fully saturated rings. The number of amides is 3. The molecule has 2 N–H and O–H groups in total. The number of nitrogens with zero attached hydrogens (tertiary/aromatic N) is 2. The van der Waals surface area contributed by atoms with E-state index in [9.17, 15) is 14.4 Å². The Morgan fingerprint density at radius 2 is 1.52 bits per heavy atom. The molecular formula is C20H32N4O3. The fraction of sp³-hybridized carbons (Fsp3) is 0.550. The molecule has 0 aliphatic heterocycles. The molecule has 0 radical (unpaired) electrons. The van der Waals surface area contributed by atoms with E-state index in [0.717, 1.165) is 28.8 Å². The van der Waals surface area contributed by atoms with Crippen molar-refractivity contribution in [2.24, 2.45) is 0 Å². The number of hydrogen-bond acceptors (Lipinski definition) is 4. The number of carbonyl (C=O) groups is 3. The first-order valence-electron chi connectivity index (χ1n) is 9.21. The Bertz CT molecular complexity index is 665. The molecule has 0 aliphatic carbocycles. The van der Waals surface area contributed by atoms with E-state index in [4.69, 9.17) is 0 Å². The summed E-state index contributed by atoms with van der Waals surface area (Å²) in [6.45, 7) is 8.67. The molecule has 0 spiro atoms. The first-order chi connectivity index (χ1) is 12.6. The average molecular weight is 377 g/mol. The molecule has 1 rings (SSSR count). The van der Waals surface area contributed by atoms with E-state index in [1.807, 2.05) is 39.8 Å². The largest absolute Gasteiger partial charge is 0.355 e. The number of nitrogens with one attached hydrogen (secondary N) is 2.